The number of thiocarbonyl (C=S) groups is 1. The van der Waals surface area contributed by atoms with Crippen molar-refractivity contribution in [3.8, 4) is 17.2 Å². The molecule has 1 N–H and O–H groups in total. The number of rotatable bonds is 8. The zero-order valence-electron chi connectivity index (χ0n) is 23.0. The molecule has 40 heavy (non-hydrogen) atoms. The van der Waals surface area contributed by atoms with Crippen LogP contribution in [-0.2, 0) is 0 Å². The van der Waals surface area contributed by atoms with Gasteiger partial charge in [-0.2, -0.15) is 0 Å². The van der Waals surface area contributed by atoms with E-state index in [0.29, 0.717) is 16.5 Å². The van der Waals surface area contributed by atoms with Gasteiger partial charge in [-0.15, -0.1) is 0 Å². The Bertz CT molecular complexity index is 1550. The second-order valence-electron chi connectivity index (χ2n) is 9.93. The average Bonchev–Trinajstić information content (AvgIpc) is 3.43. The van der Waals surface area contributed by atoms with Gasteiger partial charge in [0.25, 0.3) is 5.69 Å². The van der Waals surface area contributed by atoms with Crippen molar-refractivity contribution in [1.29, 1.82) is 0 Å². The fourth-order valence-electron chi connectivity index (χ4n) is 5.33. The molecule has 2 atom stereocenters. The molecule has 0 unspecified atom stereocenters. The number of methoxy groups -OCH3 is 1. The van der Waals surface area contributed by atoms with Gasteiger partial charge in [0, 0.05) is 23.3 Å². The van der Waals surface area contributed by atoms with E-state index in [1.54, 1.807) is 18.3 Å². The molecule has 10 heteroatoms. The van der Waals surface area contributed by atoms with Crippen LogP contribution in [-0.4, -0.2) is 32.8 Å². The number of anilines is 1. The van der Waals surface area contributed by atoms with Crippen LogP contribution in [0.4, 0.5) is 11.4 Å². The first-order valence-corrected chi connectivity index (χ1v) is 13.4. The number of benzene rings is 2. The highest BCUT2D eigenvalue weighted by molar-refractivity contribution is 7.80. The van der Waals surface area contributed by atoms with Gasteiger partial charge in [0.15, 0.2) is 5.11 Å². The van der Waals surface area contributed by atoms with Crippen molar-refractivity contribution in [2.75, 3.05) is 12.0 Å². The molecule has 0 aliphatic carbocycles. The Hall–Kier alpha value is -4.44. The maximum atomic E-state index is 12.0. The fraction of sp³-hybridized carbons (Fsp3) is 0.267. The van der Waals surface area contributed by atoms with Crippen LogP contribution in [0.15, 0.2) is 72.9 Å². The molecule has 9 nitrogen and oxygen atoms in total. The molecule has 0 spiro atoms. The minimum Gasteiger partial charge on any atom is -0.496 e. The SMILES string of the molecule is COc1ccc(-n2c(C)cc([C@@H]3[C@@H](c4ccccn4)NC(=S)N3c3ccc(OC(C)C)cc3)c2C)c([N+](=O)[O-])c1. The first-order chi connectivity index (χ1) is 19.2. The average molecular weight is 558 g/mol. The Kier molecular flexibility index (Phi) is 7.44. The van der Waals surface area contributed by atoms with Gasteiger partial charge in [-0.05, 0) is 100 Å². The van der Waals surface area contributed by atoms with Crippen LogP contribution in [0.1, 0.15) is 48.6 Å². The lowest BCUT2D eigenvalue weighted by Gasteiger charge is -2.28. The summed E-state index contributed by atoms with van der Waals surface area (Å²) in [5.41, 5.74) is 4.89. The number of pyridine rings is 1. The van der Waals surface area contributed by atoms with Crippen molar-refractivity contribution >= 4 is 28.7 Å². The predicted molar refractivity (Wildman–Crippen MR) is 159 cm³/mol. The lowest BCUT2D eigenvalue weighted by atomic mass is 9.96. The zero-order chi connectivity index (χ0) is 28.6. The molecule has 4 aromatic rings. The van der Waals surface area contributed by atoms with Crippen LogP contribution < -0.4 is 19.7 Å². The van der Waals surface area contributed by atoms with Crippen LogP contribution in [0.3, 0.4) is 0 Å². The lowest BCUT2D eigenvalue weighted by molar-refractivity contribution is -0.384. The van der Waals surface area contributed by atoms with Gasteiger partial charge in [-0.1, -0.05) is 6.07 Å². The Balaban J connectivity index is 1.65. The molecule has 0 radical (unpaired) electrons. The predicted octanol–water partition coefficient (Wildman–Crippen LogP) is 6.37. The standard InChI is InChI=1S/C30H31N5O4S/c1-18(2)39-22-11-9-21(10-12-22)34-29(28(32-30(34)40)25-8-6-7-15-31-25)24-16-19(3)33(20(24)4)26-14-13-23(38-5)17-27(26)35(36)37/h6-18,28-29H,1-5H3,(H,32,40)/t28-,29-/m1/s1. The van der Waals surface area contributed by atoms with Crippen molar-refractivity contribution in [3.63, 3.8) is 0 Å². The number of nitro benzene ring substituents is 1. The Morgan fingerprint density at radius 1 is 1.05 bits per heavy atom. The van der Waals surface area contributed by atoms with Gasteiger partial charge >= 0.3 is 0 Å². The highest BCUT2D eigenvalue weighted by atomic mass is 32.1. The minimum absolute atomic E-state index is 0.0355. The van der Waals surface area contributed by atoms with E-state index < -0.39 is 0 Å². The summed E-state index contributed by atoms with van der Waals surface area (Å²) in [6.07, 6.45) is 1.83. The number of nitro groups is 1. The van der Waals surface area contributed by atoms with E-state index >= 15 is 0 Å². The number of aryl methyl sites for hydroxylation is 1. The zero-order valence-corrected chi connectivity index (χ0v) is 23.8. The molecular weight excluding hydrogens is 526 g/mol. The van der Waals surface area contributed by atoms with E-state index in [2.05, 4.69) is 21.3 Å². The maximum Gasteiger partial charge on any atom is 0.296 e. The van der Waals surface area contributed by atoms with Crippen LogP contribution in [0.5, 0.6) is 11.5 Å². The largest absolute Gasteiger partial charge is 0.496 e. The molecule has 2 aromatic heterocycles. The second kappa shape index (κ2) is 11.0. The quantitative estimate of drug-likeness (QED) is 0.152. The van der Waals surface area contributed by atoms with Gasteiger partial charge in [0.2, 0.25) is 0 Å². The molecule has 2 aromatic carbocycles. The number of nitrogens with zero attached hydrogens (tertiary/aromatic N) is 4. The van der Waals surface area contributed by atoms with E-state index in [1.807, 2.05) is 74.7 Å². The van der Waals surface area contributed by atoms with Crippen molar-refractivity contribution < 1.29 is 14.4 Å². The normalized spacial score (nSPS) is 16.8. The van der Waals surface area contributed by atoms with Gasteiger partial charge < -0.3 is 24.3 Å². The summed E-state index contributed by atoms with van der Waals surface area (Å²) in [4.78, 5) is 18.4. The minimum atomic E-state index is -0.383. The molecule has 5 rings (SSSR count). The first kappa shape index (κ1) is 27.1. The lowest BCUT2D eigenvalue weighted by Crippen LogP contribution is -2.29. The first-order valence-electron chi connectivity index (χ1n) is 13.0. The van der Waals surface area contributed by atoms with Gasteiger partial charge in [-0.3, -0.25) is 15.1 Å². The van der Waals surface area contributed by atoms with E-state index in [1.165, 1.54) is 13.2 Å². The molecule has 1 fully saturated rings. The Labute approximate surface area is 238 Å². The van der Waals surface area contributed by atoms with Crippen LogP contribution in [0.2, 0.25) is 0 Å². The Morgan fingerprint density at radius 2 is 1.77 bits per heavy atom. The van der Waals surface area contributed by atoms with Crippen LogP contribution >= 0.6 is 12.2 Å². The third-order valence-corrected chi connectivity index (χ3v) is 7.31. The summed E-state index contributed by atoms with van der Waals surface area (Å²) < 4.78 is 13.0. The molecular formula is C30H31N5O4S. The molecule has 206 valence electrons. The van der Waals surface area contributed by atoms with Gasteiger partial charge in [0.05, 0.1) is 42.0 Å². The highest BCUT2D eigenvalue weighted by Gasteiger charge is 2.42. The molecule has 0 saturated carbocycles. The van der Waals surface area contributed by atoms with E-state index in [0.717, 1.165) is 34.1 Å². The molecule has 1 aliphatic rings. The fourth-order valence-corrected chi connectivity index (χ4v) is 5.68. The van der Waals surface area contributed by atoms with Gasteiger partial charge in [-0.25, -0.2) is 0 Å². The van der Waals surface area contributed by atoms with Crippen molar-refractivity contribution in [2.24, 2.45) is 0 Å². The Morgan fingerprint density at radius 3 is 2.40 bits per heavy atom. The van der Waals surface area contributed by atoms with Gasteiger partial charge in [0.1, 0.15) is 17.2 Å². The van der Waals surface area contributed by atoms with E-state index in [9.17, 15) is 10.1 Å². The molecule has 1 aliphatic heterocycles. The summed E-state index contributed by atoms with van der Waals surface area (Å²) in [6.45, 7) is 7.90. The summed E-state index contributed by atoms with van der Waals surface area (Å²) in [5.74, 6) is 1.20. The monoisotopic (exact) mass is 557 g/mol. The molecule has 0 bridgehead atoms. The van der Waals surface area contributed by atoms with Crippen LogP contribution in [0.25, 0.3) is 5.69 Å². The van der Waals surface area contributed by atoms with Crippen molar-refractivity contribution in [1.82, 2.24) is 14.9 Å². The maximum absolute atomic E-state index is 12.0. The number of hydrogen-bond donors (Lipinski definition) is 1. The van der Waals surface area contributed by atoms with E-state index in [4.69, 9.17) is 21.7 Å². The third-order valence-electron chi connectivity index (χ3n) is 6.99. The van der Waals surface area contributed by atoms with Crippen LogP contribution in [0, 0.1) is 24.0 Å². The number of hydrogen-bond acceptors (Lipinski definition) is 6. The van der Waals surface area contributed by atoms with E-state index in [-0.39, 0.29) is 28.8 Å². The smallest absolute Gasteiger partial charge is 0.296 e. The third kappa shape index (κ3) is 4.98. The summed E-state index contributed by atoms with van der Waals surface area (Å²) in [5, 5.41) is 16.1. The summed E-state index contributed by atoms with van der Waals surface area (Å²) >= 11 is 5.88. The molecule has 3 heterocycles. The second-order valence-corrected chi connectivity index (χ2v) is 10.3. The van der Waals surface area contributed by atoms with Crippen molar-refractivity contribution in [2.45, 2.75) is 45.9 Å². The number of nitrogens with one attached hydrogen (secondary N) is 1. The molecule has 1 saturated heterocycles. The number of aromatic nitrogens is 2. The molecule has 0 amide bonds. The van der Waals surface area contributed by atoms with Crippen molar-refractivity contribution in [3.05, 3.63) is 106 Å². The summed E-state index contributed by atoms with van der Waals surface area (Å²) in [6, 6.07) is 20.1. The highest BCUT2D eigenvalue weighted by Crippen LogP contribution is 2.44. The number of ether oxygens (including phenoxy) is 2. The summed E-state index contributed by atoms with van der Waals surface area (Å²) in [7, 11) is 1.49. The topological polar surface area (TPSA) is 94.7 Å².